The Morgan fingerprint density at radius 1 is 1.08 bits per heavy atom. The fourth-order valence-corrected chi connectivity index (χ4v) is 1.83. The maximum absolute atomic E-state index is 5.28. The second-order valence-corrected chi connectivity index (χ2v) is 4.00. The third-order valence-electron chi connectivity index (χ3n) is 2.21. The number of alkyl halides is 1. The molecule has 80 valence electrons. The van der Waals surface area contributed by atoms with Crippen LogP contribution in [0.5, 0.6) is 0 Å². The molecule has 1 heterocycles. The van der Waals surface area contributed by atoms with Gasteiger partial charge in [0.15, 0.2) is 0 Å². The monoisotopic (exact) mass is 315 g/mol. The molecule has 0 aromatic carbocycles. The van der Waals surface area contributed by atoms with Crippen molar-refractivity contribution < 1.29 is 4.74 Å². The molecule has 0 saturated carbocycles. The number of hydrogen-bond acceptors (Lipinski definition) is 2. The van der Waals surface area contributed by atoms with Gasteiger partial charge < -0.3 is 4.74 Å². The molecule has 0 aromatic rings. The van der Waals surface area contributed by atoms with Gasteiger partial charge in [-0.1, -0.05) is 22.4 Å². The van der Waals surface area contributed by atoms with Crippen LogP contribution in [-0.2, 0) is 4.74 Å². The molecule has 0 aliphatic carbocycles. The summed E-state index contributed by atoms with van der Waals surface area (Å²) >= 11 is 3.44. The van der Waals surface area contributed by atoms with E-state index in [9.17, 15) is 0 Å². The highest BCUT2D eigenvalue weighted by atomic mass is 79.9. The molecule has 1 aliphatic heterocycles. The van der Waals surface area contributed by atoms with E-state index >= 15 is 0 Å². The highest BCUT2D eigenvalue weighted by Gasteiger charge is 2.08. The van der Waals surface area contributed by atoms with Crippen molar-refractivity contribution in [2.75, 3.05) is 38.2 Å². The fraction of sp³-hybridized carbons (Fsp3) is 1.00. The zero-order chi connectivity index (χ0) is 8.65. The summed E-state index contributed by atoms with van der Waals surface area (Å²) in [5.41, 5.74) is 0. The number of nitrogens with zero attached hydrogens (tertiary/aromatic N) is 1. The van der Waals surface area contributed by atoms with Gasteiger partial charge in [-0.2, -0.15) is 0 Å². The van der Waals surface area contributed by atoms with Crippen molar-refractivity contribution >= 4 is 32.9 Å². The van der Waals surface area contributed by atoms with Gasteiger partial charge in [-0.15, -0.1) is 17.0 Å². The van der Waals surface area contributed by atoms with Crippen molar-refractivity contribution in [1.82, 2.24) is 4.90 Å². The molecule has 0 unspecified atom stereocenters. The first-order valence-corrected chi connectivity index (χ1v) is 5.91. The van der Waals surface area contributed by atoms with Gasteiger partial charge in [0.1, 0.15) is 0 Å². The Balaban J connectivity index is 0.00000144. The Morgan fingerprint density at radius 3 is 2.38 bits per heavy atom. The Kier molecular flexibility index (Phi) is 10.1. The van der Waals surface area contributed by atoms with Crippen LogP contribution in [0, 0.1) is 0 Å². The van der Waals surface area contributed by atoms with E-state index in [1.54, 1.807) is 0 Å². The lowest BCUT2D eigenvalue weighted by atomic mass is 10.2. The third kappa shape index (κ3) is 6.89. The van der Waals surface area contributed by atoms with Crippen molar-refractivity contribution in [3.05, 3.63) is 0 Å². The predicted octanol–water partition coefficient (Wildman–Crippen LogP) is 2.46. The summed E-state index contributed by atoms with van der Waals surface area (Å²) < 4.78 is 5.28. The lowest BCUT2D eigenvalue weighted by Gasteiger charge is -2.26. The molecule has 1 rings (SSSR count). The van der Waals surface area contributed by atoms with E-state index in [0.29, 0.717) is 0 Å². The fourth-order valence-electron chi connectivity index (χ4n) is 1.43. The van der Waals surface area contributed by atoms with Gasteiger partial charge in [0, 0.05) is 18.4 Å². The molecule has 1 fully saturated rings. The van der Waals surface area contributed by atoms with Gasteiger partial charge in [-0.05, 0) is 19.4 Å². The van der Waals surface area contributed by atoms with Crippen molar-refractivity contribution in [2.24, 2.45) is 0 Å². The van der Waals surface area contributed by atoms with E-state index < -0.39 is 0 Å². The lowest BCUT2D eigenvalue weighted by molar-refractivity contribution is 0.0372. The summed E-state index contributed by atoms with van der Waals surface area (Å²) in [6.45, 7) is 5.38. The van der Waals surface area contributed by atoms with Crippen LogP contribution < -0.4 is 0 Å². The molecule has 0 bridgehead atoms. The highest BCUT2D eigenvalue weighted by molar-refractivity contribution is 9.09. The second-order valence-electron chi connectivity index (χ2n) is 3.20. The van der Waals surface area contributed by atoms with E-state index in [4.69, 9.17) is 4.74 Å². The van der Waals surface area contributed by atoms with E-state index in [1.165, 1.54) is 25.8 Å². The molecule has 0 radical (unpaired) electrons. The van der Waals surface area contributed by atoms with Gasteiger partial charge in [-0.25, -0.2) is 0 Å². The summed E-state index contributed by atoms with van der Waals surface area (Å²) in [6, 6.07) is 0. The minimum Gasteiger partial charge on any atom is -0.379 e. The van der Waals surface area contributed by atoms with Crippen LogP contribution in [0.2, 0.25) is 0 Å². The molecule has 1 saturated heterocycles. The van der Waals surface area contributed by atoms with Crippen molar-refractivity contribution in [2.45, 2.75) is 19.3 Å². The molecule has 0 atom stereocenters. The number of rotatable bonds is 5. The number of hydrogen-bond donors (Lipinski definition) is 0. The number of unbranched alkanes of at least 4 members (excludes halogenated alkanes) is 2. The number of morpholine rings is 1. The van der Waals surface area contributed by atoms with E-state index in [2.05, 4.69) is 20.8 Å². The largest absolute Gasteiger partial charge is 0.379 e. The topological polar surface area (TPSA) is 12.5 Å². The standard InChI is InChI=1S/C9H18BrNO.BrH/c10-4-2-1-3-5-11-6-8-12-9-7-11;/h1-9H2;1H. The minimum absolute atomic E-state index is 0. The average molecular weight is 317 g/mol. The molecule has 0 spiro atoms. The second kappa shape index (κ2) is 9.44. The third-order valence-corrected chi connectivity index (χ3v) is 2.77. The summed E-state index contributed by atoms with van der Waals surface area (Å²) in [6.07, 6.45) is 4.00. The molecule has 0 aromatic heterocycles. The van der Waals surface area contributed by atoms with E-state index in [0.717, 1.165) is 31.6 Å². The first kappa shape index (κ1) is 13.9. The van der Waals surface area contributed by atoms with Gasteiger partial charge in [0.2, 0.25) is 0 Å². The van der Waals surface area contributed by atoms with Crippen molar-refractivity contribution in [3.8, 4) is 0 Å². The molecule has 0 amide bonds. The van der Waals surface area contributed by atoms with Crippen LogP contribution >= 0.6 is 32.9 Å². The summed E-state index contributed by atoms with van der Waals surface area (Å²) in [5.74, 6) is 0. The molecule has 13 heavy (non-hydrogen) atoms. The molecule has 1 aliphatic rings. The van der Waals surface area contributed by atoms with Crippen LogP contribution in [0.25, 0.3) is 0 Å². The molecular weight excluding hydrogens is 298 g/mol. The van der Waals surface area contributed by atoms with Crippen LogP contribution in [-0.4, -0.2) is 43.1 Å². The van der Waals surface area contributed by atoms with Gasteiger partial charge in [0.05, 0.1) is 13.2 Å². The number of halogens is 2. The maximum Gasteiger partial charge on any atom is 0.0594 e. The Morgan fingerprint density at radius 2 is 1.77 bits per heavy atom. The van der Waals surface area contributed by atoms with Crippen molar-refractivity contribution in [1.29, 1.82) is 0 Å². The summed E-state index contributed by atoms with van der Waals surface area (Å²) in [7, 11) is 0. The molecular formula is C9H19Br2NO. The van der Waals surface area contributed by atoms with Gasteiger partial charge >= 0.3 is 0 Å². The Hall–Kier alpha value is 0.880. The SMILES string of the molecule is Br.BrCCCCCN1CCOCC1. The smallest absolute Gasteiger partial charge is 0.0594 e. The predicted molar refractivity (Wildman–Crippen MR) is 65.2 cm³/mol. The maximum atomic E-state index is 5.28. The molecule has 2 nitrogen and oxygen atoms in total. The van der Waals surface area contributed by atoms with Crippen LogP contribution in [0.3, 0.4) is 0 Å². The van der Waals surface area contributed by atoms with Crippen molar-refractivity contribution in [3.63, 3.8) is 0 Å². The lowest BCUT2D eigenvalue weighted by Crippen LogP contribution is -2.36. The van der Waals surface area contributed by atoms with Gasteiger partial charge in [-0.3, -0.25) is 4.90 Å². The highest BCUT2D eigenvalue weighted by Crippen LogP contribution is 2.03. The first-order chi connectivity index (χ1) is 5.93. The Labute approximate surface area is 99.9 Å². The molecule has 4 heteroatoms. The van der Waals surface area contributed by atoms with Crippen LogP contribution in [0.1, 0.15) is 19.3 Å². The minimum atomic E-state index is 0. The summed E-state index contributed by atoms with van der Waals surface area (Å²) in [5, 5.41) is 1.15. The van der Waals surface area contributed by atoms with E-state index in [-0.39, 0.29) is 17.0 Å². The summed E-state index contributed by atoms with van der Waals surface area (Å²) in [4.78, 5) is 2.50. The van der Waals surface area contributed by atoms with Gasteiger partial charge in [0.25, 0.3) is 0 Å². The Bertz CT molecular complexity index is 108. The van der Waals surface area contributed by atoms with Crippen LogP contribution in [0.4, 0.5) is 0 Å². The van der Waals surface area contributed by atoms with Crippen LogP contribution in [0.15, 0.2) is 0 Å². The first-order valence-electron chi connectivity index (χ1n) is 4.79. The van der Waals surface area contributed by atoms with E-state index in [1.807, 2.05) is 0 Å². The average Bonchev–Trinajstić information content (AvgIpc) is 2.14. The quantitative estimate of drug-likeness (QED) is 0.570. The zero-order valence-corrected chi connectivity index (χ0v) is 11.3. The normalized spacial score (nSPS) is 18.2. The zero-order valence-electron chi connectivity index (χ0n) is 8.01. The number of ether oxygens (including phenoxy) is 1. The molecule has 0 N–H and O–H groups in total.